The van der Waals surface area contributed by atoms with E-state index in [9.17, 15) is 9.59 Å². The summed E-state index contributed by atoms with van der Waals surface area (Å²) in [4.78, 5) is 25.0. The second kappa shape index (κ2) is 11.4. The molecule has 1 unspecified atom stereocenters. The first-order valence-corrected chi connectivity index (χ1v) is 11.3. The smallest absolute Gasteiger partial charge is 0.347 e. The van der Waals surface area contributed by atoms with Crippen molar-refractivity contribution in [2.45, 2.75) is 20.0 Å². The van der Waals surface area contributed by atoms with Gasteiger partial charge in [0.05, 0.1) is 12.0 Å². The van der Waals surface area contributed by atoms with Crippen LogP contribution in [0.5, 0.6) is 17.2 Å². The molecule has 0 saturated heterocycles. The molecule has 1 aromatic heterocycles. The van der Waals surface area contributed by atoms with Crippen LogP contribution in [-0.2, 0) is 14.3 Å². The number of hydrogen-bond acceptors (Lipinski definition) is 7. The van der Waals surface area contributed by atoms with E-state index < -0.39 is 12.1 Å². The summed E-state index contributed by atoms with van der Waals surface area (Å²) in [5.74, 6) is 0.464. The number of esters is 1. The fourth-order valence-corrected chi connectivity index (χ4v) is 3.42. The van der Waals surface area contributed by atoms with Gasteiger partial charge < -0.3 is 23.4 Å². The van der Waals surface area contributed by atoms with E-state index in [2.05, 4.69) is 0 Å². The maximum absolute atomic E-state index is 12.9. The van der Waals surface area contributed by atoms with E-state index in [-0.39, 0.29) is 17.8 Å². The highest BCUT2D eigenvalue weighted by molar-refractivity contribution is 5.79. The second-order valence-electron chi connectivity index (χ2n) is 7.70. The molecule has 4 aromatic rings. The van der Waals surface area contributed by atoms with Crippen LogP contribution in [-0.4, -0.2) is 31.9 Å². The van der Waals surface area contributed by atoms with E-state index in [1.807, 2.05) is 49.4 Å². The van der Waals surface area contributed by atoms with Gasteiger partial charge in [0, 0.05) is 12.7 Å². The average Bonchev–Trinajstić information content (AvgIpc) is 2.89. The number of carbonyl (C=O) groups is 1. The molecule has 0 amide bonds. The topological polar surface area (TPSA) is 84.2 Å². The molecule has 1 heterocycles. The summed E-state index contributed by atoms with van der Waals surface area (Å²) in [5, 5.41) is 0.336. The van der Waals surface area contributed by atoms with Crippen molar-refractivity contribution in [3.63, 3.8) is 0 Å². The summed E-state index contributed by atoms with van der Waals surface area (Å²) >= 11 is 0. The Morgan fingerprint density at radius 3 is 2.37 bits per heavy atom. The molecular weight excluding hydrogens is 448 g/mol. The molecule has 0 N–H and O–H groups in total. The summed E-state index contributed by atoms with van der Waals surface area (Å²) in [6, 6.07) is 22.2. The number of ether oxygens (including phenoxy) is 4. The molecule has 180 valence electrons. The Bertz CT molecular complexity index is 1330. The van der Waals surface area contributed by atoms with Crippen molar-refractivity contribution in [3.8, 4) is 28.4 Å². The second-order valence-corrected chi connectivity index (χ2v) is 7.70. The van der Waals surface area contributed by atoms with E-state index in [0.717, 1.165) is 11.1 Å². The van der Waals surface area contributed by atoms with Crippen LogP contribution in [0.1, 0.15) is 13.8 Å². The Morgan fingerprint density at radius 2 is 1.63 bits per heavy atom. The van der Waals surface area contributed by atoms with Crippen molar-refractivity contribution in [2.24, 2.45) is 0 Å². The number of benzene rings is 3. The van der Waals surface area contributed by atoms with Crippen molar-refractivity contribution in [1.82, 2.24) is 0 Å². The Hall–Kier alpha value is -4.10. The fourth-order valence-electron chi connectivity index (χ4n) is 3.42. The van der Waals surface area contributed by atoms with Crippen molar-refractivity contribution in [1.29, 1.82) is 0 Å². The molecule has 3 aromatic carbocycles. The predicted molar refractivity (Wildman–Crippen MR) is 132 cm³/mol. The van der Waals surface area contributed by atoms with Gasteiger partial charge in [-0.15, -0.1) is 0 Å². The van der Waals surface area contributed by atoms with Crippen LogP contribution in [0.2, 0.25) is 0 Å². The third-order valence-corrected chi connectivity index (χ3v) is 5.22. The van der Waals surface area contributed by atoms with Crippen molar-refractivity contribution < 1.29 is 28.2 Å². The summed E-state index contributed by atoms with van der Waals surface area (Å²) < 4.78 is 27.3. The van der Waals surface area contributed by atoms with Gasteiger partial charge in [0.2, 0.25) is 11.2 Å². The van der Waals surface area contributed by atoms with Gasteiger partial charge in [-0.2, -0.15) is 0 Å². The molecular formula is C28H26O7. The summed E-state index contributed by atoms with van der Waals surface area (Å²) in [6.07, 6.45) is 0.438. The Kier molecular flexibility index (Phi) is 7.80. The molecule has 0 aliphatic carbocycles. The molecule has 0 aliphatic heterocycles. The molecule has 7 heteroatoms. The molecule has 35 heavy (non-hydrogen) atoms. The van der Waals surface area contributed by atoms with E-state index >= 15 is 0 Å². The first-order valence-electron chi connectivity index (χ1n) is 11.3. The van der Waals surface area contributed by atoms with Crippen molar-refractivity contribution >= 4 is 16.9 Å². The van der Waals surface area contributed by atoms with Crippen LogP contribution in [0.3, 0.4) is 0 Å². The monoisotopic (exact) mass is 474 g/mol. The summed E-state index contributed by atoms with van der Waals surface area (Å²) in [6.45, 7) is 4.50. The maximum atomic E-state index is 12.9. The van der Waals surface area contributed by atoms with Gasteiger partial charge >= 0.3 is 5.97 Å². The minimum absolute atomic E-state index is 0.0740. The zero-order valence-electron chi connectivity index (χ0n) is 19.6. The van der Waals surface area contributed by atoms with Crippen LogP contribution in [0, 0.1) is 0 Å². The van der Waals surface area contributed by atoms with Crippen molar-refractivity contribution in [2.75, 3.05) is 19.8 Å². The molecule has 1 atom stereocenters. The molecule has 0 radical (unpaired) electrons. The quantitative estimate of drug-likeness (QED) is 0.218. The molecule has 0 bridgehead atoms. The number of carbonyl (C=O) groups excluding carboxylic acids is 1. The lowest BCUT2D eigenvalue weighted by Crippen LogP contribution is -2.27. The van der Waals surface area contributed by atoms with Gasteiger partial charge in [-0.1, -0.05) is 42.5 Å². The van der Waals surface area contributed by atoms with Gasteiger partial charge in [0.15, 0.2) is 6.10 Å². The van der Waals surface area contributed by atoms with Crippen LogP contribution >= 0.6 is 0 Å². The minimum Gasteiger partial charge on any atom is -0.479 e. The van der Waals surface area contributed by atoms with Gasteiger partial charge in [-0.05, 0) is 49.2 Å². The molecule has 0 aliphatic rings. The van der Waals surface area contributed by atoms with Crippen molar-refractivity contribution in [3.05, 3.63) is 89.3 Å². The first kappa shape index (κ1) is 24.0. The zero-order valence-corrected chi connectivity index (χ0v) is 19.6. The van der Waals surface area contributed by atoms with Crippen LogP contribution < -0.4 is 14.9 Å². The van der Waals surface area contributed by atoms with Gasteiger partial charge in [-0.25, -0.2) is 4.79 Å². The number of fused-ring (bicyclic) bond motifs is 1. The summed E-state index contributed by atoms with van der Waals surface area (Å²) in [7, 11) is 0. The van der Waals surface area contributed by atoms with E-state index in [1.54, 1.807) is 37.3 Å². The lowest BCUT2D eigenvalue weighted by atomic mass is 10.1. The van der Waals surface area contributed by atoms with E-state index in [0.29, 0.717) is 35.7 Å². The maximum Gasteiger partial charge on any atom is 0.347 e. The lowest BCUT2D eigenvalue weighted by molar-refractivity contribution is -0.152. The highest BCUT2D eigenvalue weighted by atomic mass is 16.6. The predicted octanol–water partition coefficient (Wildman–Crippen LogP) is 5.60. The van der Waals surface area contributed by atoms with Gasteiger partial charge in [-0.3, -0.25) is 4.79 Å². The van der Waals surface area contributed by atoms with Gasteiger partial charge in [0.1, 0.15) is 30.0 Å². The Balaban J connectivity index is 1.43. The highest BCUT2D eigenvalue weighted by Gasteiger charge is 2.17. The minimum atomic E-state index is -0.831. The molecule has 0 fully saturated rings. The largest absolute Gasteiger partial charge is 0.479 e. The van der Waals surface area contributed by atoms with Crippen LogP contribution in [0.25, 0.3) is 22.1 Å². The Morgan fingerprint density at radius 1 is 0.914 bits per heavy atom. The molecule has 7 nitrogen and oxygen atoms in total. The number of hydrogen-bond donors (Lipinski definition) is 0. The van der Waals surface area contributed by atoms with Gasteiger partial charge in [0.25, 0.3) is 0 Å². The lowest BCUT2D eigenvalue weighted by Gasteiger charge is -2.14. The zero-order chi connectivity index (χ0) is 24.6. The number of rotatable bonds is 10. The molecule has 4 rings (SSSR count). The first-order chi connectivity index (χ1) is 17.0. The fraction of sp³-hybridized carbons (Fsp3) is 0.214. The summed E-state index contributed by atoms with van der Waals surface area (Å²) in [5.41, 5.74) is 2.14. The standard InChI is InChI=1S/C28H26O7/c1-3-31-15-16-32-28(30)19(2)34-23-13-14-24-25(17-23)33-18-26(27(24)29)35-22-11-9-21(10-12-22)20-7-5-4-6-8-20/h4-14,17-19H,3,15-16H2,1-2H3. The third-order valence-electron chi connectivity index (χ3n) is 5.22. The Labute approximate surface area is 202 Å². The third kappa shape index (κ3) is 6.07. The molecule has 0 saturated carbocycles. The normalized spacial score (nSPS) is 11.7. The van der Waals surface area contributed by atoms with Crippen LogP contribution in [0.15, 0.2) is 88.3 Å². The average molecular weight is 475 g/mol. The van der Waals surface area contributed by atoms with Crippen LogP contribution in [0.4, 0.5) is 0 Å². The van der Waals surface area contributed by atoms with E-state index in [1.165, 1.54) is 6.26 Å². The van der Waals surface area contributed by atoms with E-state index in [4.69, 9.17) is 23.4 Å². The molecule has 0 spiro atoms. The SMILES string of the molecule is CCOCCOC(=O)C(C)Oc1ccc2c(=O)c(Oc3ccc(-c4ccccc4)cc3)coc2c1. The highest BCUT2D eigenvalue weighted by Crippen LogP contribution is 2.27.